The summed E-state index contributed by atoms with van der Waals surface area (Å²) in [6.45, 7) is 5.70. The van der Waals surface area contributed by atoms with Crippen molar-refractivity contribution in [3.8, 4) is 5.69 Å². The van der Waals surface area contributed by atoms with Crippen LogP contribution in [-0.4, -0.2) is 33.0 Å². The van der Waals surface area contributed by atoms with Gasteiger partial charge in [-0.3, -0.25) is 4.57 Å². The van der Waals surface area contributed by atoms with E-state index < -0.39 is 0 Å². The van der Waals surface area contributed by atoms with Crippen LogP contribution in [-0.2, 0) is 11.3 Å². The van der Waals surface area contributed by atoms with Gasteiger partial charge in [0.1, 0.15) is 6.33 Å². The Morgan fingerprint density at radius 3 is 2.85 bits per heavy atom. The van der Waals surface area contributed by atoms with Gasteiger partial charge in [0.2, 0.25) is 0 Å². The molecule has 1 N–H and O–H groups in total. The minimum Gasteiger partial charge on any atom is -0.374 e. The van der Waals surface area contributed by atoms with Crippen molar-refractivity contribution in [1.82, 2.24) is 20.1 Å². The molecule has 1 unspecified atom stereocenters. The summed E-state index contributed by atoms with van der Waals surface area (Å²) in [5.41, 5.74) is 1.06. The largest absolute Gasteiger partial charge is 0.374 e. The number of hydrogen-bond donors (Lipinski definition) is 1. The van der Waals surface area contributed by atoms with Gasteiger partial charge in [0.25, 0.3) is 0 Å². The zero-order valence-corrected chi connectivity index (χ0v) is 11.9. The summed E-state index contributed by atoms with van der Waals surface area (Å²) < 4.78 is 7.74. The van der Waals surface area contributed by atoms with Crippen molar-refractivity contribution in [2.24, 2.45) is 0 Å². The summed E-state index contributed by atoms with van der Waals surface area (Å²) in [6, 6.07) is 10.5. The van der Waals surface area contributed by atoms with Crippen LogP contribution in [0.5, 0.6) is 0 Å². The summed E-state index contributed by atoms with van der Waals surface area (Å²) in [4.78, 5) is 0. The first-order valence-corrected chi connectivity index (χ1v) is 6.96. The summed E-state index contributed by atoms with van der Waals surface area (Å²) in [5, 5.41) is 11.7. The van der Waals surface area contributed by atoms with Crippen molar-refractivity contribution >= 4 is 0 Å². The minimum atomic E-state index is -0.0230. The maximum absolute atomic E-state index is 5.73. The molecule has 0 spiro atoms. The van der Waals surface area contributed by atoms with Gasteiger partial charge in [-0.15, -0.1) is 10.2 Å². The maximum atomic E-state index is 5.73. The lowest BCUT2D eigenvalue weighted by atomic mass is 10.0. The Hall–Kier alpha value is -1.72. The van der Waals surface area contributed by atoms with Crippen LogP contribution in [0.15, 0.2) is 36.7 Å². The van der Waals surface area contributed by atoms with Gasteiger partial charge in [-0.1, -0.05) is 18.2 Å². The zero-order valence-electron chi connectivity index (χ0n) is 11.9. The third-order valence-electron chi connectivity index (χ3n) is 3.61. The molecule has 0 amide bonds. The third-order valence-corrected chi connectivity index (χ3v) is 3.61. The first kappa shape index (κ1) is 13.3. The highest BCUT2D eigenvalue weighted by molar-refractivity contribution is 5.31. The van der Waals surface area contributed by atoms with Crippen LogP contribution in [0, 0.1) is 0 Å². The molecule has 0 bridgehead atoms. The fourth-order valence-electron chi connectivity index (χ4n) is 2.59. The molecule has 1 aliphatic heterocycles. The third kappa shape index (κ3) is 2.89. The first-order chi connectivity index (χ1) is 9.64. The van der Waals surface area contributed by atoms with Crippen LogP contribution >= 0.6 is 0 Å². The van der Waals surface area contributed by atoms with E-state index in [1.54, 1.807) is 6.33 Å². The molecule has 1 atom stereocenters. The zero-order chi connectivity index (χ0) is 14.0. The summed E-state index contributed by atoms with van der Waals surface area (Å²) in [7, 11) is 0. The number of nitrogens with zero attached hydrogens (tertiary/aromatic N) is 3. The Bertz CT molecular complexity index is 564. The molecule has 1 aliphatic rings. The molecule has 0 aliphatic carbocycles. The van der Waals surface area contributed by atoms with E-state index in [2.05, 4.69) is 41.5 Å². The summed E-state index contributed by atoms with van der Waals surface area (Å²) >= 11 is 0. The molecule has 5 nitrogen and oxygen atoms in total. The summed E-state index contributed by atoms with van der Waals surface area (Å²) in [6.07, 6.45) is 2.77. The highest BCUT2D eigenvalue weighted by Gasteiger charge is 2.31. The van der Waals surface area contributed by atoms with Gasteiger partial charge in [0.05, 0.1) is 18.8 Å². The molecule has 1 aromatic carbocycles. The van der Waals surface area contributed by atoms with E-state index in [9.17, 15) is 0 Å². The van der Waals surface area contributed by atoms with Gasteiger partial charge in [0, 0.05) is 11.7 Å². The number of aromatic nitrogens is 3. The smallest absolute Gasteiger partial charge is 0.151 e. The normalized spacial score (nSPS) is 21.2. The molecule has 0 radical (unpaired) electrons. The van der Waals surface area contributed by atoms with E-state index in [-0.39, 0.29) is 5.60 Å². The SMILES string of the molecule is CC1(C)CC(NCc2nncn2-c2ccccc2)CO1. The average molecular weight is 272 g/mol. The van der Waals surface area contributed by atoms with Crippen molar-refractivity contribution in [1.29, 1.82) is 0 Å². The Labute approximate surface area is 119 Å². The fraction of sp³-hybridized carbons (Fsp3) is 0.467. The number of ether oxygens (including phenoxy) is 1. The monoisotopic (exact) mass is 272 g/mol. The number of para-hydroxylation sites is 1. The number of benzene rings is 1. The quantitative estimate of drug-likeness (QED) is 0.924. The molecule has 1 saturated heterocycles. The fourth-order valence-corrected chi connectivity index (χ4v) is 2.59. The lowest BCUT2D eigenvalue weighted by Crippen LogP contribution is -2.31. The van der Waals surface area contributed by atoms with Crippen molar-refractivity contribution in [2.45, 2.75) is 38.5 Å². The summed E-state index contributed by atoms with van der Waals surface area (Å²) in [5.74, 6) is 0.918. The van der Waals surface area contributed by atoms with E-state index >= 15 is 0 Å². The van der Waals surface area contributed by atoms with Crippen molar-refractivity contribution in [3.05, 3.63) is 42.5 Å². The topological polar surface area (TPSA) is 52.0 Å². The lowest BCUT2D eigenvalue weighted by Gasteiger charge is -2.16. The number of rotatable bonds is 4. The Kier molecular flexibility index (Phi) is 3.54. The van der Waals surface area contributed by atoms with Gasteiger partial charge >= 0.3 is 0 Å². The van der Waals surface area contributed by atoms with E-state index in [4.69, 9.17) is 4.74 Å². The van der Waals surface area contributed by atoms with Crippen LogP contribution < -0.4 is 5.32 Å². The van der Waals surface area contributed by atoms with Gasteiger partial charge in [0.15, 0.2) is 5.82 Å². The second-order valence-electron chi connectivity index (χ2n) is 5.81. The molecular formula is C15H20N4O. The van der Waals surface area contributed by atoms with Crippen molar-refractivity contribution in [2.75, 3.05) is 6.61 Å². The van der Waals surface area contributed by atoms with Crippen LogP contribution in [0.2, 0.25) is 0 Å². The molecule has 3 rings (SSSR count). The Morgan fingerprint density at radius 1 is 1.35 bits per heavy atom. The standard InChI is InChI=1S/C15H20N4O/c1-15(2)8-12(10-20-15)16-9-14-18-17-11-19(14)13-6-4-3-5-7-13/h3-7,11-12,16H,8-10H2,1-2H3. The van der Waals surface area contributed by atoms with Crippen LogP contribution in [0.4, 0.5) is 0 Å². The predicted molar refractivity (Wildman–Crippen MR) is 76.6 cm³/mol. The second-order valence-corrected chi connectivity index (χ2v) is 5.81. The van der Waals surface area contributed by atoms with Crippen LogP contribution in [0.25, 0.3) is 5.69 Å². The molecule has 1 aromatic heterocycles. The molecule has 1 fully saturated rings. The van der Waals surface area contributed by atoms with Gasteiger partial charge in [-0.25, -0.2) is 0 Å². The highest BCUT2D eigenvalue weighted by atomic mass is 16.5. The Balaban J connectivity index is 1.66. The first-order valence-electron chi connectivity index (χ1n) is 6.96. The van der Waals surface area contributed by atoms with Crippen molar-refractivity contribution < 1.29 is 4.74 Å². The molecule has 5 heteroatoms. The van der Waals surface area contributed by atoms with E-state index in [1.165, 1.54) is 0 Å². The van der Waals surface area contributed by atoms with E-state index in [0.717, 1.165) is 24.5 Å². The van der Waals surface area contributed by atoms with E-state index in [0.29, 0.717) is 12.6 Å². The van der Waals surface area contributed by atoms with E-state index in [1.807, 2.05) is 22.8 Å². The molecule has 20 heavy (non-hydrogen) atoms. The molecule has 2 heterocycles. The highest BCUT2D eigenvalue weighted by Crippen LogP contribution is 2.24. The number of nitrogens with one attached hydrogen (secondary N) is 1. The van der Waals surface area contributed by atoms with Crippen LogP contribution in [0.1, 0.15) is 26.1 Å². The average Bonchev–Trinajstić information content (AvgIpc) is 3.03. The molecule has 2 aromatic rings. The molecular weight excluding hydrogens is 252 g/mol. The molecule has 0 saturated carbocycles. The lowest BCUT2D eigenvalue weighted by molar-refractivity contribution is 0.0357. The predicted octanol–water partition coefficient (Wildman–Crippen LogP) is 1.92. The second kappa shape index (κ2) is 5.34. The maximum Gasteiger partial charge on any atom is 0.151 e. The van der Waals surface area contributed by atoms with Gasteiger partial charge in [-0.2, -0.15) is 0 Å². The van der Waals surface area contributed by atoms with Gasteiger partial charge < -0.3 is 10.1 Å². The van der Waals surface area contributed by atoms with Gasteiger partial charge in [-0.05, 0) is 32.4 Å². The Morgan fingerprint density at radius 2 is 2.15 bits per heavy atom. The number of hydrogen-bond acceptors (Lipinski definition) is 4. The van der Waals surface area contributed by atoms with Crippen molar-refractivity contribution in [3.63, 3.8) is 0 Å². The molecule has 106 valence electrons. The minimum absolute atomic E-state index is 0.0230. The van der Waals surface area contributed by atoms with Crippen LogP contribution in [0.3, 0.4) is 0 Å².